The first-order chi connectivity index (χ1) is 7.24. The highest BCUT2D eigenvalue weighted by Gasteiger charge is 2.20. The lowest BCUT2D eigenvalue weighted by Gasteiger charge is -2.10. The second kappa shape index (κ2) is 4.31. The molecule has 0 bridgehead atoms. The molecule has 0 spiro atoms. The minimum Gasteiger partial charge on any atom is -0.508 e. The first-order valence-corrected chi connectivity index (χ1v) is 5.02. The van der Waals surface area contributed by atoms with E-state index < -0.39 is 0 Å². The number of hydrogen-bond acceptors (Lipinski definition) is 3. The molecule has 1 amide bonds. The van der Waals surface area contributed by atoms with Crippen LogP contribution in [-0.4, -0.2) is 23.6 Å². The van der Waals surface area contributed by atoms with Crippen molar-refractivity contribution in [2.24, 2.45) is 0 Å². The smallest absolute Gasteiger partial charge is 0.221 e. The molecule has 1 aromatic carbocycles. The summed E-state index contributed by atoms with van der Waals surface area (Å²) >= 11 is 0. The van der Waals surface area contributed by atoms with Gasteiger partial charge in [-0.15, -0.1) is 0 Å². The molecule has 0 aliphatic carbocycles. The second-order valence-corrected chi connectivity index (χ2v) is 3.76. The van der Waals surface area contributed by atoms with Crippen LogP contribution in [0, 0.1) is 0 Å². The van der Waals surface area contributed by atoms with Gasteiger partial charge in [0.2, 0.25) is 5.91 Å². The first kappa shape index (κ1) is 9.98. The molecule has 1 aromatic rings. The van der Waals surface area contributed by atoms with Gasteiger partial charge < -0.3 is 15.7 Å². The number of phenols is 1. The Hall–Kier alpha value is -1.55. The van der Waals surface area contributed by atoms with Crippen molar-refractivity contribution >= 4 is 5.91 Å². The summed E-state index contributed by atoms with van der Waals surface area (Å²) in [6, 6.07) is 7.32. The van der Waals surface area contributed by atoms with Crippen molar-refractivity contribution in [1.29, 1.82) is 0 Å². The average Bonchev–Trinajstić information content (AvgIpc) is 2.62. The molecular weight excluding hydrogens is 192 g/mol. The molecular formula is C11H14N2O2. The van der Waals surface area contributed by atoms with E-state index in [1.165, 1.54) is 0 Å². The number of hydrogen-bond donors (Lipinski definition) is 3. The van der Waals surface area contributed by atoms with Crippen LogP contribution in [0.5, 0.6) is 5.75 Å². The van der Waals surface area contributed by atoms with Crippen molar-refractivity contribution in [2.45, 2.75) is 19.0 Å². The Bertz CT molecular complexity index is 365. The van der Waals surface area contributed by atoms with Gasteiger partial charge in [0, 0.05) is 25.6 Å². The molecule has 1 aliphatic rings. The minimum atomic E-state index is 0.100. The van der Waals surface area contributed by atoms with Gasteiger partial charge in [-0.25, -0.2) is 0 Å². The van der Waals surface area contributed by atoms with E-state index >= 15 is 0 Å². The van der Waals surface area contributed by atoms with E-state index in [2.05, 4.69) is 10.6 Å². The van der Waals surface area contributed by atoms with E-state index in [0.717, 1.165) is 5.56 Å². The van der Waals surface area contributed by atoms with Crippen LogP contribution in [0.3, 0.4) is 0 Å². The molecule has 4 heteroatoms. The third-order valence-corrected chi connectivity index (χ3v) is 2.48. The van der Waals surface area contributed by atoms with Gasteiger partial charge in [-0.05, 0) is 17.7 Å². The summed E-state index contributed by atoms with van der Waals surface area (Å²) < 4.78 is 0. The number of amides is 1. The Morgan fingerprint density at radius 1 is 1.53 bits per heavy atom. The van der Waals surface area contributed by atoms with E-state index in [4.69, 9.17) is 0 Å². The Balaban J connectivity index is 1.85. The molecule has 1 saturated heterocycles. The SMILES string of the molecule is O=C1CC(NCc2cccc(O)c2)CN1. The molecule has 1 aliphatic heterocycles. The van der Waals surface area contributed by atoms with Crippen LogP contribution < -0.4 is 10.6 Å². The van der Waals surface area contributed by atoms with Gasteiger partial charge in [-0.3, -0.25) is 4.79 Å². The van der Waals surface area contributed by atoms with Crippen LogP contribution in [0.2, 0.25) is 0 Å². The summed E-state index contributed by atoms with van der Waals surface area (Å²) in [4.78, 5) is 10.9. The lowest BCUT2D eigenvalue weighted by molar-refractivity contribution is -0.119. The number of phenolic OH excluding ortho intramolecular Hbond substituents is 1. The monoisotopic (exact) mass is 206 g/mol. The predicted molar refractivity (Wildman–Crippen MR) is 56.4 cm³/mol. The number of carbonyl (C=O) groups excluding carboxylic acids is 1. The quantitative estimate of drug-likeness (QED) is 0.669. The zero-order valence-corrected chi connectivity index (χ0v) is 8.36. The highest BCUT2D eigenvalue weighted by atomic mass is 16.3. The first-order valence-electron chi connectivity index (χ1n) is 5.02. The number of carbonyl (C=O) groups is 1. The Labute approximate surface area is 88.3 Å². The van der Waals surface area contributed by atoms with Crippen molar-refractivity contribution in [3.05, 3.63) is 29.8 Å². The van der Waals surface area contributed by atoms with Crippen molar-refractivity contribution < 1.29 is 9.90 Å². The van der Waals surface area contributed by atoms with E-state index in [0.29, 0.717) is 19.5 Å². The number of benzene rings is 1. The van der Waals surface area contributed by atoms with Gasteiger partial charge >= 0.3 is 0 Å². The minimum absolute atomic E-state index is 0.100. The maximum atomic E-state index is 10.9. The zero-order valence-electron chi connectivity index (χ0n) is 8.36. The highest BCUT2D eigenvalue weighted by molar-refractivity contribution is 5.78. The van der Waals surface area contributed by atoms with Gasteiger partial charge in [-0.1, -0.05) is 12.1 Å². The molecule has 1 heterocycles. The Kier molecular flexibility index (Phi) is 2.87. The van der Waals surface area contributed by atoms with Crippen LogP contribution in [0.1, 0.15) is 12.0 Å². The summed E-state index contributed by atoms with van der Waals surface area (Å²) in [5, 5.41) is 15.3. The molecule has 4 nitrogen and oxygen atoms in total. The van der Waals surface area contributed by atoms with E-state index in [9.17, 15) is 9.90 Å². The lowest BCUT2D eigenvalue weighted by Crippen LogP contribution is -2.30. The lowest BCUT2D eigenvalue weighted by atomic mass is 10.2. The van der Waals surface area contributed by atoms with Crippen LogP contribution in [0.4, 0.5) is 0 Å². The molecule has 0 saturated carbocycles. The summed E-state index contributed by atoms with van der Waals surface area (Å²) in [6.45, 7) is 1.37. The summed E-state index contributed by atoms with van der Waals surface area (Å²) in [7, 11) is 0. The standard InChI is InChI=1S/C11H14N2O2/c14-10-3-1-2-8(4-10)6-12-9-5-11(15)13-7-9/h1-4,9,12,14H,5-7H2,(H,13,15). The fraction of sp³-hybridized carbons (Fsp3) is 0.364. The Morgan fingerprint density at radius 2 is 2.40 bits per heavy atom. The highest BCUT2D eigenvalue weighted by Crippen LogP contribution is 2.11. The van der Waals surface area contributed by atoms with Gasteiger partial charge in [-0.2, -0.15) is 0 Å². The molecule has 0 radical (unpaired) electrons. The molecule has 1 atom stereocenters. The maximum Gasteiger partial charge on any atom is 0.221 e. The van der Waals surface area contributed by atoms with Crippen LogP contribution >= 0.6 is 0 Å². The molecule has 15 heavy (non-hydrogen) atoms. The summed E-state index contributed by atoms with van der Waals surface area (Å²) in [6.07, 6.45) is 0.540. The predicted octanol–water partition coefficient (Wildman–Crippen LogP) is 0.370. The Morgan fingerprint density at radius 3 is 3.07 bits per heavy atom. The topological polar surface area (TPSA) is 61.4 Å². The molecule has 1 unspecified atom stereocenters. The second-order valence-electron chi connectivity index (χ2n) is 3.76. The van der Waals surface area contributed by atoms with E-state index in [1.54, 1.807) is 12.1 Å². The zero-order chi connectivity index (χ0) is 10.7. The third-order valence-electron chi connectivity index (χ3n) is 2.48. The number of nitrogens with one attached hydrogen (secondary N) is 2. The van der Waals surface area contributed by atoms with Gasteiger partial charge in [0.25, 0.3) is 0 Å². The van der Waals surface area contributed by atoms with E-state index in [-0.39, 0.29) is 17.7 Å². The normalized spacial score (nSPS) is 20.3. The van der Waals surface area contributed by atoms with Crippen molar-refractivity contribution in [2.75, 3.05) is 6.54 Å². The van der Waals surface area contributed by atoms with Gasteiger partial charge in [0.05, 0.1) is 0 Å². The van der Waals surface area contributed by atoms with Crippen LogP contribution in [0.25, 0.3) is 0 Å². The third kappa shape index (κ3) is 2.70. The average molecular weight is 206 g/mol. The summed E-state index contributed by atoms with van der Waals surface area (Å²) in [5.74, 6) is 0.373. The molecule has 80 valence electrons. The number of aromatic hydroxyl groups is 1. The molecule has 1 fully saturated rings. The maximum absolute atomic E-state index is 10.9. The van der Waals surface area contributed by atoms with Gasteiger partial charge in [0.1, 0.15) is 5.75 Å². The van der Waals surface area contributed by atoms with Gasteiger partial charge in [0.15, 0.2) is 0 Å². The molecule has 3 N–H and O–H groups in total. The largest absolute Gasteiger partial charge is 0.508 e. The molecule has 0 aromatic heterocycles. The van der Waals surface area contributed by atoms with Crippen molar-refractivity contribution in [1.82, 2.24) is 10.6 Å². The fourth-order valence-electron chi connectivity index (χ4n) is 1.68. The fourth-order valence-corrected chi connectivity index (χ4v) is 1.68. The molecule has 2 rings (SSSR count). The van der Waals surface area contributed by atoms with E-state index in [1.807, 2.05) is 12.1 Å². The van der Waals surface area contributed by atoms with Crippen molar-refractivity contribution in [3.63, 3.8) is 0 Å². The summed E-state index contributed by atoms with van der Waals surface area (Å²) in [5.41, 5.74) is 1.02. The number of rotatable bonds is 3. The van der Waals surface area contributed by atoms with Crippen LogP contribution in [0.15, 0.2) is 24.3 Å². The van der Waals surface area contributed by atoms with Crippen LogP contribution in [-0.2, 0) is 11.3 Å². The van der Waals surface area contributed by atoms with Crippen molar-refractivity contribution in [3.8, 4) is 5.75 Å².